The van der Waals surface area contributed by atoms with E-state index in [0.717, 1.165) is 25.9 Å². The van der Waals surface area contributed by atoms with Crippen LogP contribution in [0.25, 0.3) is 0 Å². The number of hydrogen-bond donors (Lipinski definition) is 2. The predicted molar refractivity (Wildman–Crippen MR) is 82.0 cm³/mol. The van der Waals surface area contributed by atoms with E-state index in [2.05, 4.69) is 10.6 Å². The number of piperidine rings is 1. The van der Waals surface area contributed by atoms with E-state index in [1.807, 2.05) is 11.9 Å². The Morgan fingerprint density at radius 2 is 2.05 bits per heavy atom. The average Bonchev–Trinajstić information content (AvgIpc) is 2.55. The molecule has 2 N–H and O–H groups in total. The van der Waals surface area contributed by atoms with Crippen molar-refractivity contribution in [2.45, 2.75) is 25.3 Å². The standard InChI is InChI=1S/C16H22FN3O2/c1-18-14-3-2-10-20(11-14)15(21)8-9-19-16(22)12-4-6-13(17)7-5-12/h4-7,14,18H,2-3,8-11H2,1H3,(H,19,22). The molecule has 1 unspecified atom stereocenters. The largest absolute Gasteiger partial charge is 0.352 e. The molecular weight excluding hydrogens is 285 g/mol. The van der Waals surface area contributed by atoms with Crippen LogP contribution in [-0.2, 0) is 4.79 Å². The van der Waals surface area contributed by atoms with Gasteiger partial charge in [0.15, 0.2) is 0 Å². The van der Waals surface area contributed by atoms with Crippen molar-refractivity contribution in [3.63, 3.8) is 0 Å². The molecule has 1 fully saturated rings. The van der Waals surface area contributed by atoms with Gasteiger partial charge in [-0.15, -0.1) is 0 Å². The van der Waals surface area contributed by atoms with Crippen molar-refractivity contribution in [3.8, 4) is 0 Å². The first-order chi connectivity index (χ1) is 10.6. The zero-order valence-electron chi connectivity index (χ0n) is 12.8. The van der Waals surface area contributed by atoms with Gasteiger partial charge in [-0.25, -0.2) is 4.39 Å². The van der Waals surface area contributed by atoms with Crippen LogP contribution >= 0.6 is 0 Å². The minimum Gasteiger partial charge on any atom is -0.352 e. The van der Waals surface area contributed by atoms with Crippen LogP contribution < -0.4 is 10.6 Å². The molecule has 0 aliphatic carbocycles. The van der Waals surface area contributed by atoms with Crippen LogP contribution in [0.4, 0.5) is 4.39 Å². The molecule has 1 saturated heterocycles. The lowest BCUT2D eigenvalue weighted by Crippen LogP contribution is -2.47. The van der Waals surface area contributed by atoms with Gasteiger partial charge in [-0.2, -0.15) is 0 Å². The third-order valence-corrected chi connectivity index (χ3v) is 3.91. The van der Waals surface area contributed by atoms with Crippen LogP contribution in [0.15, 0.2) is 24.3 Å². The predicted octanol–water partition coefficient (Wildman–Crippen LogP) is 1.16. The van der Waals surface area contributed by atoms with Crippen molar-refractivity contribution < 1.29 is 14.0 Å². The first kappa shape index (κ1) is 16.4. The third kappa shape index (κ3) is 4.53. The monoisotopic (exact) mass is 307 g/mol. The first-order valence-corrected chi connectivity index (χ1v) is 7.59. The number of likely N-dealkylation sites (N-methyl/N-ethyl adjacent to an activating group) is 1. The van der Waals surface area contributed by atoms with Crippen LogP contribution in [0.3, 0.4) is 0 Å². The molecule has 22 heavy (non-hydrogen) atoms. The lowest BCUT2D eigenvalue weighted by molar-refractivity contribution is -0.132. The van der Waals surface area contributed by atoms with Crippen molar-refractivity contribution in [1.29, 1.82) is 0 Å². The van der Waals surface area contributed by atoms with E-state index in [1.54, 1.807) is 0 Å². The fourth-order valence-electron chi connectivity index (χ4n) is 2.58. The Kier molecular flexibility index (Phi) is 5.89. The van der Waals surface area contributed by atoms with Gasteiger partial charge in [0, 0.05) is 37.7 Å². The van der Waals surface area contributed by atoms with Crippen molar-refractivity contribution in [2.24, 2.45) is 0 Å². The Morgan fingerprint density at radius 3 is 2.73 bits per heavy atom. The summed E-state index contributed by atoms with van der Waals surface area (Å²) in [7, 11) is 1.90. The second kappa shape index (κ2) is 7.89. The zero-order valence-corrected chi connectivity index (χ0v) is 12.8. The highest BCUT2D eigenvalue weighted by molar-refractivity contribution is 5.94. The topological polar surface area (TPSA) is 61.4 Å². The van der Waals surface area contributed by atoms with E-state index in [0.29, 0.717) is 11.6 Å². The summed E-state index contributed by atoms with van der Waals surface area (Å²) in [4.78, 5) is 25.8. The maximum absolute atomic E-state index is 12.8. The first-order valence-electron chi connectivity index (χ1n) is 7.59. The van der Waals surface area contributed by atoms with Gasteiger partial charge in [-0.3, -0.25) is 9.59 Å². The van der Waals surface area contributed by atoms with Crippen molar-refractivity contribution in [1.82, 2.24) is 15.5 Å². The molecule has 0 bridgehead atoms. The number of benzene rings is 1. The molecule has 0 saturated carbocycles. The second-order valence-corrected chi connectivity index (χ2v) is 5.48. The van der Waals surface area contributed by atoms with E-state index >= 15 is 0 Å². The molecule has 6 heteroatoms. The van der Waals surface area contributed by atoms with E-state index in [4.69, 9.17) is 0 Å². The van der Waals surface area contributed by atoms with Crippen LogP contribution in [0.2, 0.25) is 0 Å². The van der Waals surface area contributed by atoms with Gasteiger partial charge < -0.3 is 15.5 Å². The summed E-state index contributed by atoms with van der Waals surface area (Å²) in [5.41, 5.74) is 0.391. The molecule has 0 spiro atoms. The molecular formula is C16H22FN3O2. The Labute approximate surface area is 129 Å². The number of carbonyl (C=O) groups is 2. The summed E-state index contributed by atoms with van der Waals surface area (Å²) in [6.07, 6.45) is 2.37. The van der Waals surface area contributed by atoms with E-state index < -0.39 is 0 Å². The number of halogens is 1. The van der Waals surface area contributed by atoms with Gasteiger partial charge in [-0.05, 0) is 44.2 Å². The van der Waals surface area contributed by atoms with E-state index in [-0.39, 0.29) is 30.6 Å². The fraction of sp³-hybridized carbons (Fsp3) is 0.500. The Bertz CT molecular complexity index is 519. The van der Waals surface area contributed by atoms with Gasteiger partial charge in [0.25, 0.3) is 5.91 Å². The quantitative estimate of drug-likeness (QED) is 0.858. The second-order valence-electron chi connectivity index (χ2n) is 5.48. The van der Waals surface area contributed by atoms with Crippen molar-refractivity contribution in [3.05, 3.63) is 35.6 Å². The zero-order chi connectivity index (χ0) is 15.9. The molecule has 1 aromatic carbocycles. The number of likely N-dealkylation sites (tertiary alicyclic amines) is 1. The molecule has 1 atom stereocenters. The summed E-state index contributed by atoms with van der Waals surface area (Å²) in [6, 6.07) is 5.69. The highest BCUT2D eigenvalue weighted by Gasteiger charge is 2.22. The molecule has 0 aromatic heterocycles. The molecule has 120 valence electrons. The molecule has 1 heterocycles. The number of hydrogen-bond acceptors (Lipinski definition) is 3. The smallest absolute Gasteiger partial charge is 0.251 e. The van der Waals surface area contributed by atoms with Crippen LogP contribution in [-0.4, -0.2) is 49.4 Å². The highest BCUT2D eigenvalue weighted by Crippen LogP contribution is 2.10. The van der Waals surface area contributed by atoms with Gasteiger partial charge in [0.1, 0.15) is 5.82 Å². The van der Waals surface area contributed by atoms with Crippen molar-refractivity contribution in [2.75, 3.05) is 26.7 Å². The summed E-state index contributed by atoms with van der Waals surface area (Å²) in [6.45, 7) is 1.79. The van der Waals surface area contributed by atoms with E-state index in [1.165, 1.54) is 24.3 Å². The minimum atomic E-state index is -0.379. The van der Waals surface area contributed by atoms with Crippen molar-refractivity contribution >= 4 is 11.8 Å². The summed E-state index contributed by atoms with van der Waals surface area (Å²) >= 11 is 0. The maximum Gasteiger partial charge on any atom is 0.251 e. The van der Waals surface area contributed by atoms with E-state index in [9.17, 15) is 14.0 Å². The normalized spacial score (nSPS) is 18.1. The van der Waals surface area contributed by atoms with Gasteiger partial charge in [0.2, 0.25) is 5.91 Å². The number of nitrogens with one attached hydrogen (secondary N) is 2. The fourth-order valence-corrected chi connectivity index (χ4v) is 2.58. The Morgan fingerprint density at radius 1 is 1.32 bits per heavy atom. The summed E-state index contributed by atoms with van der Waals surface area (Å²) in [5, 5.41) is 5.88. The Balaban J connectivity index is 1.74. The highest BCUT2D eigenvalue weighted by atomic mass is 19.1. The molecule has 0 radical (unpaired) electrons. The number of carbonyl (C=O) groups excluding carboxylic acids is 2. The lowest BCUT2D eigenvalue weighted by atomic mass is 10.1. The summed E-state index contributed by atoms with van der Waals surface area (Å²) in [5.74, 6) is -0.616. The molecule has 1 aliphatic rings. The number of rotatable bonds is 5. The lowest BCUT2D eigenvalue weighted by Gasteiger charge is -2.32. The number of amides is 2. The molecule has 1 aliphatic heterocycles. The third-order valence-electron chi connectivity index (χ3n) is 3.91. The van der Waals surface area contributed by atoms with Crippen LogP contribution in [0.5, 0.6) is 0 Å². The molecule has 1 aromatic rings. The SMILES string of the molecule is CNC1CCCN(C(=O)CCNC(=O)c2ccc(F)cc2)C1. The molecule has 2 rings (SSSR count). The van der Waals surface area contributed by atoms with Gasteiger partial charge in [0.05, 0.1) is 0 Å². The van der Waals surface area contributed by atoms with Crippen LogP contribution in [0.1, 0.15) is 29.6 Å². The summed E-state index contributed by atoms with van der Waals surface area (Å²) < 4.78 is 12.8. The van der Waals surface area contributed by atoms with Crippen LogP contribution in [0, 0.1) is 5.82 Å². The number of nitrogens with zero attached hydrogens (tertiary/aromatic N) is 1. The van der Waals surface area contributed by atoms with Gasteiger partial charge in [-0.1, -0.05) is 0 Å². The minimum absolute atomic E-state index is 0.0550. The Hall–Kier alpha value is -1.95. The molecule has 2 amide bonds. The average molecular weight is 307 g/mol. The molecule has 5 nitrogen and oxygen atoms in total. The maximum atomic E-state index is 12.8. The van der Waals surface area contributed by atoms with Gasteiger partial charge >= 0.3 is 0 Å².